The van der Waals surface area contributed by atoms with Crippen LogP contribution in [0.2, 0.25) is 0 Å². The molecule has 0 radical (unpaired) electrons. The van der Waals surface area contributed by atoms with E-state index in [1.54, 1.807) is 0 Å². The summed E-state index contributed by atoms with van der Waals surface area (Å²) in [6, 6.07) is 11.9. The standard InChI is InChI=1S/C25H28F4N2O3/c1-16(25(27,28)29)23(31-13-11-19(12-14-31)18-5-3-2-4-6-18)24(34)30-21-15-17(7-9-20(21)26)8-10-22(32)33/h2-7,9,15-16,19,23H,8,10-14H2,1H3,(H,30,34)(H,32,33). The number of hydrogen-bond donors (Lipinski definition) is 2. The summed E-state index contributed by atoms with van der Waals surface area (Å²) < 4.78 is 55.4. The lowest BCUT2D eigenvalue weighted by molar-refractivity contribution is -0.189. The van der Waals surface area contributed by atoms with Crippen molar-refractivity contribution in [3.8, 4) is 0 Å². The number of nitrogens with one attached hydrogen (secondary N) is 1. The topological polar surface area (TPSA) is 69.6 Å². The molecular weight excluding hydrogens is 452 g/mol. The molecule has 1 saturated heterocycles. The van der Waals surface area contributed by atoms with E-state index in [1.807, 2.05) is 30.3 Å². The first-order valence-corrected chi connectivity index (χ1v) is 11.2. The Balaban J connectivity index is 1.77. The van der Waals surface area contributed by atoms with Gasteiger partial charge in [0.1, 0.15) is 11.9 Å². The molecule has 9 heteroatoms. The van der Waals surface area contributed by atoms with Crippen LogP contribution in [0.4, 0.5) is 23.2 Å². The maximum Gasteiger partial charge on any atom is 0.393 e. The van der Waals surface area contributed by atoms with Gasteiger partial charge in [0, 0.05) is 6.42 Å². The molecule has 3 rings (SSSR count). The summed E-state index contributed by atoms with van der Waals surface area (Å²) in [7, 11) is 0. The Labute approximate surface area is 195 Å². The minimum atomic E-state index is -4.61. The summed E-state index contributed by atoms with van der Waals surface area (Å²) in [5.74, 6) is -4.52. The number of carboxylic acids is 1. The fraction of sp³-hybridized carbons (Fsp3) is 0.440. The third-order valence-corrected chi connectivity index (χ3v) is 6.37. The molecule has 2 aromatic carbocycles. The zero-order valence-corrected chi connectivity index (χ0v) is 18.8. The molecule has 0 bridgehead atoms. The predicted molar refractivity (Wildman–Crippen MR) is 120 cm³/mol. The van der Waals surface area contributed by atoms with Crippen LogP contribution in [0.15, 0.2) is 48.5 Å². The van der Waals surface area contributed by atoms with Gasteiger partial charge < -0.3 is 10.4 Å². The highest BCUT2D eigenvalue weighted by Crippen LogP contribution is 2.35. The summed E-state index contributed by atoms with van der Waals surface area (Å²) in [6.45, 7) is 1.57. The predicted octanol–water partition coefficient (Wildman–Crippen LogP) is 5.23. The van der Waals surface area contributed by atoms with Crippen molar-refractivity contribution in [1.29, 1.82) is 0 Å². The Morgan fingerprint density at radius 3 is 2.35 bits per heavy atom. The number of likely N-dealkylation sites (tertiary alicyclic amines) is 1. The van der Waals surface area contributed by atoms with Gasteiger partial charge in [0.05, 0.1) is 11.6 Å². The van der Waals surface area contributed by atoms with Gasteiger partial charge in [0.25, 0.3) is 0 Å². The number of hydrogen-bond acceptors (Lipinski definition) is 3. The normalized spacial score (nSPS) is 17.2. The Bertz CT molecular complexity index is 989. The molecule has 0 aromatic heterocycles. The zero-order chi connectivity index (χ0) is 24.9. The molecule has 184 valence electrons. The number of carboxylic acid groups (broad SMARTS) is 1. The van der Waals surface area contributed by atoms with E-state index in [-0.39, 0.29) is 24.4 Å². The van der Waals surface area contributed by atoms with Crippen LogP contribution >= 0.6 is 0 Å². The number of piperidine rings is 1. The van der Waals surface area contributed by atoms with Gasteiger partial charge in [0.2, 0.25) is 5.91 Å². The maximum absolute atomic E-state index is 14.3. The van der Waals surface area contributed by atoms with E-state index in [4.69, 9.17) is 5.11 Å². The maximum atomic E-state index is 14.3. The monoisotopic (exact) mass is 480 g/mol. The van der Waals surface area contributed by atoms with E-state index in [0.29, 0.717) is 31.5 Å². The van der Waals surface area contributed by atoms with Crippen LogP contribution in [0.5, 0.6) is 0 Å². The summed E-state index contributed by atoms with van der Waals surface area (Å²) >= 11 is 0. The number of alkyl halides is 3. The molecule has 2 aromatic rings. The molecule has 1 aliphatic rings. The van der Waals surface area contributed by atoms with Gasteiger partial charge in [-0.3, -0.25) is 14.5 Å². The molecule has 34 heavy (non-hydrogen) atoms. The average Bonchev–Trinajstić information content (AvgIpc) is 2.80. The number of rotatable bonds is 8. The van der Waals surface area contributed by atoms with Crippen molar-refractivity contribution in [2.45, 2.75) is 50.7 Å². The minimum Gasteiger partial charge on any atom is -0.481 e. The second-order valence-corrected chi connectivity index (χ2v) is 8.69. The van der Waals surface area contributed by atoms with Gasteiger partial charge in [-0.25, -0.2) is 4.39 Å². The molecule has 0 saturated carbocycles. The van der Waals surface area contributed by atoms with Crippen LogP contribution in [0.25, 0.3) is 0 Å². The average molecular weight is 481 g/mol. The van der Waals surface area contributed by atoms with Gasteiger partial charge >= 0.3 is 12.1 Å². The van der Waals surface area contributed by atoms with Crippen molar-refractivity contribution in [1.82, 2.24) is 4.90 Å². The van der Waals surface area contributed by atoms with Crippen molar-refractivity contribution in [3.05, 3.63) is 65.5 Å². The third kappa shape index (κ3) is 6.56. The smallest absolute Gasteiger partial charge is 0.393 e. The first kappa shape index (κ1) is 25.7. The van der Waals surface area contributed by atoms with Crippen LogP contribution < -0.4 is 5.32 Å². The number of halogens is 4. The van der Waals surface area contributed by atoms with Gasteiger partial charge in [-0.05, 0) is 61.5 Å². The quantitative estimate of drug-likeness (QED) is 0.508. The van der Waals surface area contributed by atoms with E-state index in [1.165, 1.54) is 17.0 Å². The Morgan fingerprint density at radius 1 is 1.12 bits per heavy atom. The summed E-state index contributed by atoms with van der Waals surface area (Å²) in [5, 5.41) is 11.2. The number of carbonyl (C=O) groups excluding carboxylic acids is 1. The SMILES string of the molecule is CC(C(C(=O)Nc1cc(CCC(=O)O)ccc1F)N1CCC(c2ccccc2)CC1)C(F)(F)F. The highest BCUT2D eigenvalue weighted by Gasteiger charge is 2.47. The summed E-state index contributed by atoms with van der Waals surface area (Å²) in [6.07, 6.45) is -3.48. The highest BCUT2D eigenvalue weighted by atomic mass is 19.4. The zero-order valence-electron chi connectivity index (χ0n) is 18.8. The van der Waals surface area contributed by atoms with Crippen molar-refractivity contribution < 1.29 is 32.3 Å². The number of anilines is 1. The van der Waals surface area contributed by atoms with E-state index in [2.05, 4.69) is 5.32 Å². The largest absolute Gasteiger partial charge is 0.481 e. The lowest BCUT2D eigenvalue weighted by Crippen LogP contribution is -2.54. The van der Waals surface area contributed by atoms with E-state index >= 15 is 0 Å². The molecule has 1 heterocycles. The molecule has 2 atom stereocenters. The van der Waals surface area contributed by atoms with Crippen molar-refractivity contribution in [2.24, 2.45) is 5.92 Å². The Morgan fingerprint density at radius 2 is 1.76 bits per heavy atom. The Kier molecular flexibility index (Phi) is 8.30. The van der Waals surface area contributed by atoms with Gasteiger partial charge in [0.15, 0.2) is 0 Å². The molecule has 5 nitrogen and oxygen atoms in total. The first-order chi connectivity index (χ1) is 16.1. The molecular formula is C25H28F4N2O3. The Hall–Kier alpha value is -2.94. The summed E-state index contributed by atoms with van der Waals surface area (Å²) in [5.41, 5.74) is 1.32. The van der Waals surface area contributed by atoms with Crippen LogP contribution in [0.1, 0.15) is 43.2 Å². The number of aryl methyl sites for hydroxylation is 1. The van der Waals surface area contributed by atoms with Crippen molar-refractivity contribution in [3.63, 3.8) is 0 Å². The fourth-order valence-corrected chi connectivity index (χ4v) is 4.41. The van der Waals surface area contributed by atoms with Crippen molar-refractivity contribution >= 4 is 17.6 Å². The van der Waals surface area contributed by atoms with E-state index in [0.717, 1.165) is 18.6 Å². The van der Waals surface area contributed by atoms with Crippen LogP contribution in [-0.4, -0.2) is 47.2 Å². The number of aliphatic carboxylic acids is 1. The van der Waals surface area contributed by atoms with Gasteiger partial charge in [-0.2, -0.15) is 13.2 Å². The second-order valence-electron chi connectivity index (χ2n) is 8.69. The summed E-state index contributed by atoms with van der Waals surface area (Å²) in [4.78, 5) is 25.4. The lowest BCUT2D eigenvalue weighted by atomic mass is 9.87. The highest BCUT2D eigenvalue weighted by molar-refractivity contribution is 5.95. The second kappa shape index (κ2) is 11.0. The lowest BCUT2D eigenvalue weighted by Gasteiger charge is -2.39. The van der Waals surface area contributed by atoms with Gasteiger partial charge in [-0.1, -0.05) is 43.3 Å². The van der Waals surface area contributed by atoms with Crippen LogP contribution in [0, 0.1) is 11.7 Å². The van der Waals surface area contributed by atoms with Gasteiger partial charge in [-0.15, -0.1) is 0 Å². The van der Waals surface area contributed by atoms with Crippen LogP contribution in [0.3, 0.4) is 0 Å². The minimum absolute atomic E-state index is 0.105. The number of benzene rings is 2. The van der Waals surface area contributed by atoms with E-state index in [9.17, 15) is 27.2 Å². The number of amides is 1. The fourth-order valence-electron chi connectivity index (χ4n) is 4.41. The molecule has 2 N–H and O–H groups in total. The molecule has 0 spiro atoms. The third-order valence-electron chi connectivity index (χ3n) is 6.37. The number of carbonyl (C=O) groups is 2. The first-order valence-electron chi connectivity index (χ1n) is 11.2. The van der Waals surface area contributed by atoms with Crippen LogP contribution in [-0.2, 0) is 16.0 Å². The molecule has 2 unspecified atom stereocenters. The molecule has 0 aliphatic carbocycles. The van der Waals surface area contributed by atoms with E-state index < -0.39 is 35.8 Å². The molecule has 1 aliphatic heterocycles. The molecule has 1 fully saturated rings. The van der Waals surface area contributed by atoms with Crippen molar-refractivity contribution in [2.75, 3.05) is 18.4 Å². The molecule has 1 amide bonds. The number of nitrogens with zero attached hydrogens (tertiary/aromatic N) is 1.